The van der Waals surface area contributed by atoms with Crippen LogP contribution in [-0.4, -0.2) is 67.5 Å². The summed E-state index contributed by atoms with van der Waals surface area (Å²) in [4.78, 5) is 6.98. The van der Waals surface area contributed by atoms with Crippen LogP contribution in [0.4, 0.5) is 0 Å². The van der Waals surface area contributed by atoms with Gasteiger partial charge in [-0.3, -0.25) is 4.99 Å². The Kier molecular flexibility index (Phi) is 6.73. The highest BCUT2D eigenvalue weighted by Gasteiger charge is 2.30. The fourth-order valence-electron chi connectivity index (χ4n) is 3.98. The lowest BCUT2D eigenvalue weighted by Gasteiger charge is -2.36. The van der Waals surface area contributed by atoms with Crippen molar-refractivity contribution in [3.63, 3.8) is 0 Å². The molecule has 30 heavy (non-hydrogen) atoms. The molecule has 2 aromatic heterocycles. The Bertz CT molecular complexity index is 897. The minimum absolute atomic E-state index is 0.131. The van der Waals surface area contributed by atoms with Crippen LogP contribution in [0.15, 0.2) is 44.7 Å². The van der Waals surface area contributed by atoms with Gasteiger partial charge in [0, 0.05) is 51.3 Å². The molecule has 3 heterocycles. The minimum Gasteiger partial charge on any atom is -0.469 e. The van der Waals surface area contributed by atoms with Crippen molar-refractivity contribution in [2.75, 3.05) is 32.7 Å². The Hall–Kier alpha value is -2.33. The summed E-state index contributed by atoms with van der Waals surface area (Å²) in [5, 5.41) is 7.33. The van der Waals surface area contributed by atoms with Gasteiger partial charge < -0.3 is 19.2 Å². The molecular weight excluding hydrogens is 406 g/mol. The molecule has 4 rings (SSSR count). The normalized spacial score (nSPS) is 19.5. The molecule has 1 saturated carbocycles. The molecule has 1 N–H and O–H groups in total. The molecule has 164 valence electrons. The molecule has 1 saturated heterocycles. The first-order valence-corrected chi connectivity index (χ1v) is 12.2. The lowest BCUT2D eigenvalue weighted by molar-refractivity contribution is 0.257. The van der Waals surface area contributed by atoms with Gasteiger partial charge in [0.1, 0.15) is 17.8 Å². The van der Waals surface area contributed by atoms with E-state index in [-0.39, 0.29) is 5.75 Å². The largest absolute Gasteiger partial charge is 0.469 e. The highest BCUT2D eigenvalue weighted by Crippen LogP contribution is 2.19. The highest BCUT2D eigenvalue weighted by atomic mass is 32.2. The number of aromatic nitrogens is 1. The summed E-state index contributed by atoms with van der Waals surface area (Å²) < 4.78 is 37.1. The molecule has 0 atom stereocenters. The Labute approximate surface area is 177 Å². The molecule has 0 aromatic carbocycles. The summed E-state index contributed by atoms with van der Waals surface area (Å²) in [7, 11) is -3.41. The van der Waals surface area contributed by atoms with Gasteiger partial charge in [0.25, 0.3) is 0 Å². The second-order valence-electron chi connectivity index (χ2n) is 7.79. The molecule has 0 radical (unpaired) electrons. The van der Waals surface area contributed by atoms with Gasteiger partial charge in [-0.1, -0.05) is 18.0 Å². The zero-order chi connectivity index (χ0) is 20.8. The third kappa shape index (κ3) is 5.42. The van der Waals surface area contributed by atoms with E-state index in [0.717, 1.165) is 31.0 Å². The van der Waals surface area contributed by atoms with Gasteiger partial charge in [-0.25, -0.2) is 8.42 Å². The molecule has 1 aliphatic carbocycles. The summed E-state index contributed by atoms with van der Waals surface area (Å²) in [6.07, 6.45) is 8.61. The average molecular weight is 436 g/mol. The first-order valence-electron chi connectivity index (χ1n) is 10.6. The SMILES string of the molecule is O=S(=O)(Cc1ccon1)N1CCN(C(=NCCc2ccco2)NC2CCCC2)CC1. The van der Waals surface area contributed by atoms with E-state index in [9.17, 15) is 8.42 Å². The molecule has 10 heteroatoms. The number of sulfonamides is 1. The number of nitrogens with zero attached hydrogens (tertiary/aromatic N) is 4. The van der Waals surface area contributed by atoms with Gasteiger partial charge >= 0.3 is 0 Å². The maximum absolute atomic E-state index is 12.7. The molecule has 2 fully saturated rings. The quantitative estimate of drug-likeness (QED) is 0.523. The zero-order valence-corrected chi connectivity index (χ0v) is 17.9. The third-order valence-corrected chi connectivity index (χ3v) is 7.45. The summed E-state index contributed by atoms with van der Waals surface area (Å²) in [5.74, 6) is 1.67. The van der Waals surface area contributed by atoms with Crippen molar-refractivity contribution in [2.45, 2.75) is 43.9 Å². The Morgan fingerprint density at radius 1 is 1.17 bits per heavy atom. The van der Waals surface area contributed by atoms with Gasteiger partial charge in [0.15, 0.2) is 5.96 Å². The van der Waals surface area contributed by atoms with E-state index < -0.39 is 10.0 Å². The fourth-order valence-corrected chi connectivity index (χ4v) is 5.41. The van der Waals surface area contributed by atoms with Gasteiger partial charge in [-0.05, 0) is 25.0 Å². The maximum Gasteiger partial charge on any atom is 0.220 e. The predicted molar refractivity (Wildman–Crippen MR) is 112 cm³/mol. The Morgan fingerprint density at radius 2 is 1.97 bits per heavy atom. The molecule has 0 amide bonds. The standard InChI is InChI=1S/C20H29N5O4S/c26-30(27,16-18-8-15-29-23-18)25-12-10-24(11-13-25)20(22-17-4-1-2-5-17)21-9-7-19-6-3-14-28-19/h3,6,8,14-15,17H,1-2,4-5,7,9-13,16H2,(H,21,22). The lowest BCUT2D eigenvalue weighted by atomic mass is 10.2. The summed E-state index contributed by atoms with van der Waals surface area (Å²) in [6.45, 7) is 2.72. The van der Waals surface area contributed by atoms with E-state index in [1.807, 2.05) is 12.1 Å². The van der Waals surface area contributed by atoms with E-state index in [4.69, 9.17) is 13.9 Å². The van der Waals surface area contributed by atoms with Crippen LogP contribution in [0, 0.1) is 0 Å². The number of nitrogens with one attached hydrogen (secondary N) is 1. The number of furan rings is 1. The Morgan fingerprint density at radius 3 is 2.63 bits per heavy atom. The van der Waals surface area contributed by atoms with Crippen LogP contribution in [0.3, 0.4) is 0 Å². The topological polar surface area (TPSA) is 104 Å². The molecular formula is C20H29N5O4S. The van der Waals surface area contributed by atoms with Gasteiger partial charge in [0.2, 0.25) is 10.0 Å². The summed E-state index contributed by atoms with van der Waals surface area (Å²) in [6, 6.07) is 5.87. The van der Waals surface area contributed by atoms with E-state index in [1.165, 1.54) is 23.4 Å². The maximum atomic E-state index is 12.7. The second kappa shape index (κ2) is 9.65. The van der Waals surface area contributed by atoms with Crippen molar-refractivity contribution in [2.24, 2.45) is 4.99 Å². The average Bonchev–Trinajstić information content (AvgIpc) is 3.51. The molecule has 2 aliphatic rings. The minimum atomic E-state index is -3.41. The first kappa shape index (κ1) is 20.9. The van der Waals surface area contributed by atoms with Crippen molar-refractivity contribution in [3.8, 4) is 0 Å². The van der Waals surface area contributed by atoms with Crippen LogP contribution in [-0.2, 0) is 22.2 Å². The van der Waals surface area contributed by atoms with E-state index in [1.54, 1.807) is 12.3 Å². The number of piperazine rings is 1. The van der Waals surface area contributed by atoms with Crippen molar-refractivity contribution in [1.82, 2.24) is 19.7 Å². The smallest absolute Gasteiger partial charge is 0.220 e. The highest BCUT2D eigenvalue weighted by molar-refractivity contribution is 7.88. The molecule has 0 bridgehead atoms. The molecule has 2 aromatic rings. The molecule has 0 spiro atoms. The third-order valence-electron chi connectivity index (χ3n) is 5.64. The van der Waals surface area contributed by atoms with E-state index >= 15 is 0 Å². The number of hydrogen-bond donors (Lipinski definition) is 1. The molecule has 0 unspecified atom stereocenters. The van der Waals surface area contributed by atoms with Crippen molar-refractivity contribution < 1.29 is 17.4 Å². The van der Waals surface area contributed by atoms with Crippen molar-refractivity contribution >= 4 is 16.0 Å². The summed E-state index contributed by atoms with van der Waals surface area (Å²) in [5.41, 5.74) is 0.431. The van der Waals surface area contributed by atoms with Gasteiger partial charge in [-0.15, -0.1) is 0 Å². The second-order valence-corrected chi connectivity index (χ2v) is 9.76. The number of guanidine groups is 1. The van der Waals surface area contributed by atoms with E-state index in [2.05, 4.69) is 15.4 Å². The summed E-state index contributed by atoms with van der Waals surface area (Å²) >= 11 is 0. The number of rotatable bonds is 7. The van der Waals surface area contributed by atoms with Crippen LogP contribution in [0.2, 0.25) is 0 Å². The van der Waals surface area contributed by atoms with Crippen LogP contribution in [0.1, 0.15) is 37.1 Å². The van der Waals surface area contributed by atoms with E-state index in [0.29, 0.717) is 44.5 Å². The first-order chi connectivity index (χ1) is 14.6. The lowest BCUT2D eigenvalue weighted by Crippen LogP contribution is -2.55. The molecule has 9 nitrogen and oxygen atoms in total. The van der Waals surface area contributed by atoms with Gasteiger partial charge in [0.05, 0.1) is 12.0 Å². The van der Waals surface area contributed by atoms with Crippen LogP contribution >= 0.6 is 0 Å². The fraction of sp³-hybridized carbons (Fsp3) is 0.600. The van der Waals surface area contributed by atoms with Gasteiger partial charge in [-0.2, -0.15) is 4.31 Å². The number of aliphatic imine (C=N–C) groups is 1. The van der Waals surface area contributed by atoms with Crippen LogP contribution < -0.4 is 5.32 Å². The van der Waals surface area contributed by atoms with Crippen LogP contribution in [0.5, 0.6) is 0 Å². The molecule has 1 aliphatic heterocycles. The zero-order valence-electron chi connectivity index (χ0n) is 17.1. The number of hydrogen-bond acceptors (Lipinski definition) is 6. The predicted octanol–water partition coefficient (Wildman–Crippen LogP) is 1.85. The van der Waals surface area contributed by atoms with Crippen LogP contribution in [0.25, 0.3) is 0 Å². The Balaban J connectivity index is 1.36. The van der Waals surface area contributed by atoms with Crippen molar-refractivity contribution in [1.29, 1.82) is 0 Å². The van der Waals surface area contributed by atoms with Crippen molar-refractivity contribution in [3.05, 3.63) is 42.2 Å². The monoisotopic (exact) mass is 435 g/mol.